The molecular weight excluding hydrogens is 250 g/mol. The average molecular weight is 261 g/mol. The standard InChI is InChI=1S/C13H11NO5/c1-3-10(15)12(16)11-7(2)19-13-8(11)5-4-6-9(13)14(17)18/h4-6H,3H2,1-2H3. The van der Waals surface area contributed by atoms with Crippen molar-refractivity contribution in [2.24, 2.45) is 0 Å². The van der Waals surface area contributed by atoms with Crippen molar-refractivity contribution < 1.29 is 18.9 Å². The molecule has 0 aliphatic heterocycles. The van der Waals surface area contributed by atoms with E-state index in [1.807, 2.05) is 0 Å². The highest BCUT2D eigenvalue weighted by molar-refractivity contribution is 6.46. The van der Waals surface area contributed by atoms with Crippen LogP contribution in [0.5, 0.6) is 0 Å². The number of non-ortho nitro benzene ring substituents is 1. The Labute approximate surface area is 108 Å². The maximum Gasteiger partial charge on any atom is 0.312 e. The van der Waals surface area contributed by atoms with Gasteiger partial charge in [0.1, 0.15) is 5.76 Å². The molecule has 0 radical (unpaired) electrons. The number of nitrogens with zero attached hydrogens (tertiary/aromatic N) is 1. The van der Waals surface area contributed by atoms with Gasteiger partial charge >= 0.3 is 5.69 Å². The normalized spacial score (nSPS) is 10.6. The molecule has 0 fully saturated rings. The average Bonchev–Trinajstić information content (AvgIpc) is 2.72. The van der Waals surface area contributed by atoms with E-state index in [1.54, 1.807) is 6.92 Å². The second-order valence-corrected chi connectivity index (χ2v) is 4.05. The molecule has 0 aliphatic carbocycles. The zero-order valence-electron chi connectivity index (χ0n) is 10.4. The van der Waals surface area contributed by atoms with E-state index < -0.39 is 16.5 Å². The van der Waals surface area contributed by atoms with Crippen LogP contribution in [0.25, 0.3) is 11.0 Å². The number of para-hydroxylation sites is 1. The molecule has 6 nitrogen and oxygen atoms in total. The first kappa shape index (κ1) is 12.9. The molecule has 0 atom stereocenters. The van der Waals surface area contributed by atoms with Crippen LogP contribution in [-0.2, 0) is 4.79 Å². The Balaban J connectivity index is 2.74. The first-order valence-corrected chi connectivity index (χ1v) is 5.71. The lowest BCUT2D eigenvalue weighted by Gasteiger charge is -1.96. The van der Waals surface area contributed by atoms with Gasteiger partial charge in [0.2, 0.25) is 17.1 Å². The molecule has 98 valence electrons. The Morgan fingerprint density at radius 3 is 2.63 bits per heavy atom. The maximum absolute atomic E-state index is 12.0. The van der Waals surface area contributed by atoms with Gasteiger partial charge in [0.25, 0.3) is 0 Å². The van der Waals surface area contributed by atoms with E-state index in [2.05, 4.69) is 0 Å². The molecule has 0 saturated heterocycles. The van der Waals surface area contributed by atoms with Crippen molar-refractivity contribution in [1.82, 2.24) is 0 Å². The molecule has 1 heterocycles. The number of ketones is 2. The minimum Gasteiger partial charge on any atom is -0.453 e. The van der Waals surface area contributed by atoms with Crippen molar-refractivity contribution in [3.05, 3.63) is 39.6 Å². The summed E-state index contributed by atoms with van der Waals surface area (Å²) in [6, 6.07) is 4.29. The minimum atomic E-state index is -0.667. The topological polar surface area (TPSA) is 90.4 Å². The van der Waals surface area contributed by atoms with E-state index in [0.717, 1.165) is 0 Å². The Kier molecular flexibility index (Phi) is 3.16. The monoisotopic (exact) mass is 261 g/mol. The number of hydrogen-bond donors (Lipinski definition) is 0. The van der Waals surface area contributed by atoms with Gasteiger partial charge in [-0.1, -0.05) is 13.0 Å². The first-order chi connectivity index (χ1) is 8.97. The molecule has 6 heteroatoms. The fraction of sp³-hybridized carbons (Fsp3) is 0.231. The largest absolute Gasteiger partial charge is 0.453 e. The summed E-state index contributed by atoms with van der Waals surface area (Å²) in [5, 5.41) is 11.2. The number of Topliss-reactive ketones (excluding diaryl/α,β-unsaturated/α-hetero) is 2. The van der Waals surface area contributed by atoms with Crippen molar-refractivity contribution in [3.63, 3.8) is 0 Å². The lowest BCUT2D eigenvalue weighted by atomic mass is 10.0. The third-order valence-corrected chi connectivity index (χ3v) is 2.87. The molecule has 0 amide bonds. The highest BCUT2D eigenvalue weighted by atomic mass is 16.6. The summed E-state index contributed by atoms with van der Waals surface area (Å²) in [4.78, 5) is 33.8. The van der Waals surface area contributed by atoms with E-state index in [4.69, 9.17) is 4.42 Å². The zero-order valence-corrected chi connectivity index (χ0v) is 10.4. The molecule has 1 aromatic heterocycles. The maximum atomic E-state index is 12.0. The molecule has 0 spiro atoms. The Morgan fingerprint density at radius 2 is 2.05 bits per heavy atom. The van der Waals surface area contributed by atoms with Gasteiger partial charge in [-0.3, -0.25) is 19.7 Å². The molecule has 0 aliphatic rings. The van der Waals surface area contributed by atoms with E-state index >= 15 is 0 Å². The van der Waals surface area contributed by atoms with Crippen molar-refractivity contribution >= 4 is 28.2 Å². The van der Waals surface area contributed by atoms with Gasteiger partial charge in [-0.05, 0) is 13.0 Å². The summed E-state index contributed by atoms with van der Waals surface area (Å²) < 4.78 is 5.29. The second kappa shape index (κ2) is 4.64. The van der Waals surface area contributed by atoms with Crippen LogP contribution in [0.3, 0.4) is 0 Å². The van der Waals surface area contributed by atoms with Gasteiger partial charge in [-0.2, -0.15) is 0 Å². The molecular formula is C13H11NO5. The predicted molar refractivity (Wildman–Crippen MR) is 67.2 cm³/mol. The second-order valence-electron chi connectivity index (χ2n) is 4.05. The van der Waals surface area contributed by atoms with Gasteiger partial charge in [0, 0.05) is 17.9 Å². The van der Waals surface area contributed by atoms with Crippen molar-refractivity contribution in [2.45, 2.75) is 20.3 Å². The van der Waals surface area contributed by atoms with Crippen LogP contribution in [0.1, 0.15) is 29.5 Å². The number of carbonyl (C=O) groups is 2. The Bertz CT molecular complexity index is 698. The molecule has 0 saturated carbocycles. The van der Waals surface area contributed by atoms with Crippen LogP contribution >= 0.6 is 0 Å². The Hall–Kier alpha value is -2.50. The highest BCUT2D eigenvalue weighted by Gasteiger charge is 2.26. The summed E-state index contributed by atoms with van der Waals surface area (Å²) in [5.74, 6) is -0.993. The summed E-state index contributed by atoms with van der Waals surface area (Å²) in [5.41, 5.74) is -0.0774. The lowest BCUT2D eigenvalue weighted by molar-refractivity contribution is -0.383. The van der Waals surface area contributed by atoms with E-state index in [1.165, 1.54) is 25.1 Å². The van der Waals surface area contributed by atoms with Crippen molar-refractivity contribution in [3.8, 4) is 0 Å². The van der Waals surface area contributed by atoms with Crippen LogP contribution in [0.4, 0.5) is 5.69 Å². The lowest BCUT2D eigenvalue weighted by Crippen LogP contribution is -2.13. The molecule has 19 heavy (non-hydrogen) atoms. The SMILES string of the molecule is CCC(=O)C(=O)c1c(C)oc2c([N+](=O)[O-])cccc12. The number of fused-ring (bicyclic) bond motifs is 1. The van der Waals surface area contributed by atoms with Gasteiger partial charge in [-0.15, -0.1) is 0 Å². The van der Waals surface area contributed by atoms with Crippen LogP contribution in [0.15, 0.2) is 22.6 Å². The fourth-order valence-corrected chi connectivity index (χ4v) is 1.95. The summed E-state index contributed by atoms with van der Waals surface area (Å²) in [6.45, 7) is 3.10. The number of rotatable bonds is 4. The minimum absolute atomic E-state index is 0.0252. The number of aryl methyl sites for hydroxylation is 1. The predicted octanol–water partition coefficient (Wildman–Crippen LogP) is 2.81. The van der Waals surface area contributed by atoms with E-state index in [9.17, 15) is 19.7 Å². The summed E-state index contributed by atoms with van der Waals surface area (Å²) in [6.07, 6.45) is 0.0832. The fourth-order valence-electron chi connectivity index (χ4n) is 1.95. The zero-order chi connectivity index (χ0) is 14.2. The van der Waals surface area contributed by atoms with Crippen LogP contribution in [-0.4, -0.2) is 16.5 Å². The molecule has 0 bridgehead atoms. The number of furan rings is 1. The van der Waals surface area contributed by atoms with Gasteiger partial charge < -0.3 is 4.42 Å². The van der Waals surface area contributed by atoms with Crippen molar-refractivity contribution in [1.29, 1.82) is 0 Å². The summed E-state index contributed by atoms with van der Waals surface area (Å²) >= 11 is 0. The highest BCUT2D eigenvalue weighted by Crippen LogP contribution is 2.32. The van der Waals surface area contributed by atoms with Gasteiger partial charge in [0.05, 0.1) is 10.5 Å². The van der Waals surface area contributed by atoms with Gasteiger partial charge in [0.15, 0.2) is 0 Å². The number of carbonyl (C=O) groups excluding carboxylic acids is 2. The number of nitro groups is 1. The van der Waals surface area contributed by atoms with Crippen LogP contribution < -0.4 is 0 Å². The van der Waals surface area contributed by atoms with Crippen molar-refractivity contribution in [2.75, 3.05) is 0 Å². The quantitative estimate of drug-likeness (QED) is 0.365. The summed E-state index contributed by atoms with van der Waals surface area (Å²) in [7, 11) is 0. The van der Waals surface area contributed by atoms with Gasteiger partial charge in [-0.25, -0.2) is 0 Å². The molecule has 2 rings (SSSR count). The number of nitro benzene ring substituents is 1. The molecule has 2 aromatic rings. The van der Waals surface area contributed by atoms with Crippen LogP contribution in [0.2, 0.25) is 0 Å². The van der Waals surface area contributed by atoms with E-state index in [-0.39, 0.29) is 29.0 Å². The van der Waals surface area contributed by atoms with E-state index in [0.29, 0.717) is 5.39 Å². The molecule has 1 aromatic carbocycles. The molecule has 0 unspecified atom stereocenters. The smallest absolute Gasteiger partial charge is 0.312 e. The molecule has 0 N–H and O–H groups in total. The number of hydrogen-bond acceptors (Lipinski definition) is 5. The first-order valence-electron chi connectivity index (χ1n) is 5.71. The third-order valence-electron chi connectivity index (χ3n) is 2.87. The number of benzene rings is 1. The Morgan fingerprint density at radius 1 is 1.37 bits per heavy atom. The third kappa shape index (κ3) is 2.01. The van der Waals surface area contributed by atoms with Crippen LogP contribution in [0, 0.1) is 17.0 Å².